The van der Waals surface area contributed by atoms with Crippen molar-refractivity contribution in [2.75, 3.05) is 6.54 Å². The number of aromatic nitrogens is 2. The van der Waals surface area contributed by atoms with Crippen LogP contribution in [0.15, 0.2) is 53.1 Å². The number of nitrogens with one attached hydrogen (secondary N) is 1. The average Bonchev–Trinajstić information content (AvgIpc) is 3.00. The minimum atomic E-state index is 0.709. The van der Waals surface area contributed by atoms with E-state index in [1.54, 1.807) is 0 Å². The molecule has 2 heterocycles. The molecule has 0 aliphatic heterocycles. The van der Waals surface area contributed by atoms with Crippen molar-refractivity contribution in [2.45, 2.75) is 19.3 Å². The van der Waals surface area contributed by atoms with Crippen molar-refractivity contribution in [3.63, 3.8) is 0 Å². The highest BCUT2D eigenvalue weighted by atomic mass is 79.9. The summed E-state index contributed by atoms with van der Waals surface area (Å²) in [6, 6.07) is 14.3. The number of halogens is 2. The van der Waals surface area contributed by atoms with E-state index in [9.17, 15) is 0 Å². The highest BCUT2D eigenvalue weighted by molar-refractivity contribution is 9.10. The third-order valence-corrected chi connectivity index (χ3v) is 5.57. The van der Waals surface area contributed by atoms with Gasteiger partial charge in [-0.05, 0) is 71.6 Å². The summed E-state index contributed by atoms with van der Waals surface area (Å²) < 4.78 is 0.977. The zero-order chi connectivity index (χ0) is 18.1. The van der Waals surface area contributed by atoms with Crippen LogP contribution < -0.4 is 5.73 Å². The topological polar surface area (TPSA) is 54.7 Å². The monoisotopic (exact) mass is 427 g/mol. The number of pyridine rings is 1. The lowest BCUT2D eigenvalue weighted by atomic mass is 9.98. The molecule has 0 fully saturated rings. The fourth-order valence-electron chi connectivity index (χ4n) is 3.53. The molecule has 0 unspecified atom stereocenters. The molecule has 5 heteroatoms. The van der Waals surface area contributed by atoms with Gasteiger partial charge in [0, 0.05) is 32.0 Å². The largest absolute Gasteiger partial charge is 0.353 e. The van der Waals surface area contributed by atoms with Gasteiger partial charge in [0.2, 0.25) is 0 Å². The van der Waals surface area contributed by atoms with E-state index in [-0.39, 0.29) is 0 Å². The van der Waals surface area contributed by atoms with Gasteiger partial charge in [-0.3, -0.25) is 4.98 Å². The van der Waals surface area contributed by atoms with Gasteiger partial charge in [0.05, 0.1) is 16.7 Å². The van der Waals surface area contributed by atoms with Crippen LogP contribution in [0.5, 0.6) is 0 Å². The first-order valence-corrected chi connectivity index (χ1v) is 9.90. The molecule has 3 nitrogen and oxygen atoms in total. The Labute approximate surface area is 165 Å². The molecule has 0 amide bonds. The Morgan fingerprint density at radius 1 is 1.08 bits per heavy atom. The molecule has 2 aromatic carbocycles. The van der Waals surface area contributed by atoms with E-state index in [0.717, 1.165) is 61.8 Å². The quantitative estimate of drug-likeness (QED) is 0.378. The molecule has 4 aromatic rings. The van der Waals surface area contributed by atoms with Gasteiger partial charge in [0.1, 0.15) is 0 Å². The van der Waals surface area contributed by atoms with Crippen molar-refractivity contribution >= 4 is 49.3 Å². The molecule has 0 spiro atoms. The second kappa shape index (κ2) is 7.39. The first-order chi connectivity index (χ1) is 12.7. The fraction of sp³-hybridized carbons (Fsp3) is 0.190. The van der Waals surface area contributed by atoms with Crippen LogP contribution in [-0.2, 0) is 6.42 Å². The Balaban J connectivity index is 1.98. The Bertz CT molecular complexity index is 1080. The van der Waals surface area contributed by atoms with E-state index < -0.39 is 0 Å². The van der Waals surface area contributed by atoms with E-state index in [0.29, 0.717) is 6.54 Å². The predicted molar refractivity (Wildman–Crippen MR) is 114 cm³/mol. The van der Waals surface area contributed by atoms with Crippen LogP contribution >= 0.6 is 27.5 Å². The lowest BCUT2D eigenvalue weighted by Crippen LogP contribution is -1.99. The number of fused-ring (bicyclic) bond motifs is 2. The maximum Gasteiger partial charge on any atom is 0.0708 e. The number of nitrogens with two attached hydrogens (primary N) is 1. The molecule has 0 bridgehead atoms. The highest BCUT2D eigenvalue weighted by Gasteiger charge is 2.17. The molecule has 0 saturated heterocycles. The van der Waals surface area contributed by atoms with Crippen LogP contribution in [0.1, 0.15) is 18.4 Å². The first kappa shape index (κ1) is 17.5. The van der Waals surface area contributed by atoms with Crippen molar-refractivity contribution in [3.05, 3.63) is 63.7 Å². The Morgan fingerprint density at radius 2 is 1.96 bits per heavy atom. The minimum absolute atomic E-state index is 0.709. The number of unbranched alkanes of at least 4 members (excludes halogenated alkanes) is 1. The van der Waals surface area contributed by atoms with Gasteiger partial charge in [0.25, 0.3) is 0 Å². The fourth-order valence-corrected chi connectivity index (χ4v) is 4.44. The third kappa shape index (κ3) is 3.13. The van der Waals surface area contributed by atoms with E-state index >= 15 is 0 Å². The first-order valence-electron chi connectivity index (χ1n) is 8.73. The lowest BCUT2D eigenvalue weighted by Gasteiger charge is -2.08. The van der Waals surface area contributed by atoms with Crippen LogP contribution in [-0.4, -0.2) is 16.5 Å². The Kier molecular flexibility index (Phi) is 4.98. The summed E-state index contributed by atoms with van der Waals surface area (Å²) >= 11 is 9.98. The molecular formula is C21H19BrClN3. The third-order valence-electron chi connectivity index (χ3n) is 4.73. The molecule has 0 aliphatic rings. The van der Waals surface area contributed by atoms with E-state index in [1.807, 2.05) is 30.5 Å². The molecule has 3 N–H and O–H groups in total. The minimum Gasteiger partial charge on any atom is -0.353 e. The second-order valence-electron chi connectivity index (χ2n) is 6.41. The summed E-state index contributed by atoms with van der Waals surface area (Å²) in [6.07, 6.45) is 4.83. The molecule has 0 aliphatic carbocycles. The van der Waals surface area contributed by atoms with E-state index in [1.165, 1.54) is 5.56 Å². The van der Waals surface area contributed by atoms with E-state index in [4.69, 9.17) is 17.3 Å². The normalized spacial score (nSPS) is 11.5. The molecule has 2 aromatic heterocycles. The zero-order valence-electron chi connectivity index (χ0n) is 14.2. The Morgan fingerprint density at radius 3 is 2.81 bits per heavy atom. The average molecular weight is 429 g/mol. The van der Waals surface area contributed by atoms with Gasteiger partial charge >= 0.3 is 0 Å². The molecule has 4 rings (SSSR count). The SMILES string of the molecule is NCCCCc1c(-c2cccc3ncccc23)[nH]c2c(Br)cc(Cl)cc12. The second-order valence-corrected chi connectivity index (χ2v) is 7.70. The summed E-state index contributed by atoms with van der Waals surface area (Å²) in [5.41, 5.74) is 11.4. The highest BCUT2D eigenvalue weighted by Crippen LogP contribution is 2.38. The summed E-state index contributed by atoms with van der Waals surface area (Å²) in [5, 5.41) is 3.04. The summed E-state index contributed by atoms with van der Waals surface area (Å²) in [4.78, 5) is 8.13. The smallest absolute Gasteiger partial charge is 0.0708 e. The zero-order valence-corrected chi connectivity index (χ0v) is 16.6. The number of rotatable bonds is 5. The predicted octanol–water partition coefficient (Wildman–Crippen LogP) is 6.08. The molecule has 0 atom stereocenters. The summed E-state index contributed by atoms with van der Waals surface area (Å²) in [5.74, 6) is 0. The molecular weight excluding hydrogens is 410 g/mol. The molecule has 26 heavy (non-hydrogen) atoms. The number of hydrogen-bond donors (Lipinski definition) is 2. The maximum absolute atomic E-state index is 6.33. The van der Waals surface area contributed by atoms with Gasteiger partial charge in [0.15, 0.2) is 0 Å². The summed E-state index contributed by atoms with van der Waals surface area (Å²) in [7, 11) is 0. The van der Waals surface area contributed by atoms with Gasteiger partial charge < -0.3 is 10.7 Å². The Hall–Kier alpha value is -1.88. The van der Waals surface area contributed by atoms with Crippen molar-refractivity contribution in [1.29, 1.82) is 0 Å². The molecule has 132 valence electrons. The number of nitrogens with zero attached hydrogens (tertiary/aromatic N) is 1. The van der Waals surface area contributed by atoms with Crippen molar-refractivity contribution in [3.8, 4) is 11.3 Å². The van der Waals surface area contributed by atoms with Crippen LogP contribution in [0.4, 0.5) is 0 Å². The number of aromatic amines is 1. The maximum atomic E-state index is 6.33. The number of benzene rings is 2. The van der Waals surface area contributed by atoms with Crippen molar-refractivity contribution in [2.24, 2.45) is 5.73 Å². The summed E-state index contributed by atoms with van der Waals surface area (Å²) in [6.45, 7) is 0.709. The van der Waals surface area contributed by atoms with Gasteiger partial charge in [-0.15, -0.1) is 0 Å². The van der Waals surface area contributed by atoms with Crippen molar-refractivity contribution < 1.29 is 0 Å². The molecule has 0 saturated carbocycles. The number of aryl methyl sites for hydroxylation is 1. The lowest BCUT2D eigenvalue weighted by molar-refractivity contribution is 0.748. The van der Waals surface area contributed by atoms with Crippen LogP contribution in [0.3, 0.4) is 0 Å². The van der Waals surface area contributed by atoms with Gasteiger partial charge in [-0.25, -0.2) is 0 Å². The standard InChI is InChI=1S/C21H19BrClN3/c22-18-12-13(23)11-17-16(5-1-2-9-24)20(26-21(17)18)15-6-3-8-19-14(15)7-4-10-25-19/h3-4,6-8,10-12,26H,1-2,5,9,24H2. The van der Waals surface area contributed by atoms with E-state index in [2.05, 4.69) is 44.1 Å². The number of hydrogen-bond acceptors (Lipinski definition) is 2. The van der Waals surface area contributed by atoms with Crippen molar-refractivity contribution in [1.82, 2.24) is 9.97 Å². The van der Waals surface area contributed by atoms with Gasteiger partial charge in [-0.1, -0.05) is 29.8 Å². The van der Waals surface area contributed by atoms with Crippen LogP contribution in [0.2, 0.25) is 5.02 Å². The van der Waals surface area contributed by atoms with Gasteiger partial charge in [-0.2, -0.15) is 0 Å². The van der Waals surface area contributed by atoms with Crippen LogP contribution in [0, 0.1) is 0 Å². The van der Waals surface area contributed by atoms with Crippen LogP contribution in [0.25, 0.3) is 33.1 Å². The number of H-pyrrole nitrogens is 1. The molecule has 0 radical (unpaired) electrons.